The summed E-state index contributed by atoms with van der Waals surface area (Å²) in [4.78, 5) is 23.3. The number of halogens is 2. The molecule has 1 saturated heterocycles. The van der Waals surface area contributed by atoms with Gasteiger partial charge in [0.1, 0.15) is 12.4 Å². The zero-order valence-electron chi connectivity index (χ0n) is 7.46. The van der Waals surface area contributed by atoms with E-state index in [4.69, 9.17) is 11.6 Å². The molecule has 1 N–H and O–H groups in total. The minimum absolute atomic E-state index is 0.0687. The van der Waals surface area contributed by atoms with Crippen LogP contribution in [0.25, 0.3) is 0 Å². The summed E-state index contributed by atoms with van der Waals surface area (Å²) in [6.45, 7) is -0.0687. The number of nitrogens with one attached hydrogen (secondary N) is 1. The topological polar surface area (TPSA) is 49.4 Å². The third-order valence-electron chi connectivity index (χ3n) is 2.01. The Bertz CT molecular complexity index is 450. The highest BCUT2D eigenvalue weighted by molar-refractivity contribution is 6.31. The lowest BCUT2D eigenvalue weighted by Gasteiger charge is -2.13. The fourth-order valence-electron chi connectivity index (χ4n) is 1.30. The van der Waals surface area contributed by atoms with Crippen molar-refractivity contribution in [3.05, 3.63) is 29.0 Å². The molecule has 1 aromatic carbocycles. The lowest BCUT2D eigenvalue weighted by atomic mass is 10.3. The minimum atomic E-state index is -0.564. The van der Waals surface area contributed by atoms with Crippen LogP contribution >= 0.6 is 11.6 Å². The highest BCUT2D eigenvalue weighted by Crippen LogP contribution is 2.23. The summed E-state index contributed by atoms with van der Waals surface area (Å²) < 4.78 is 12.8. The highest BCUT2D eigenvalue weighted by Gasteiger charge is 2.28. The first-order valence-electron chi connectivity index (χ1n) is 4.14. The number of carbonyl (C=O) groups excluding carboxylic acids is 2. The van der Waals surface area contributed by atoms with Crippen LogP contribution in [0.5, 0.6) is 0 Å². The number of amides is 3. The molecule has 78 valence electrons. The van der Waals surface area contributed by atoms with Gasteiger partial charge in [0.25, 0.3) is 0 Å². The van der Waals surface area contributed by atoms with Crippen molar-refractivity contribution in [3.63, 3.8) is 0 Å². The normalized spacial score (nSPS) is 15.7. The number of hydrogen-bond acceptors (Lipinski definition) is 2. The van der Waals surface area contributed by atoms with Crippen molar-refractivity contribution in [2.75, 3.05) is 11.4 Å². The molecule has 15 heavy (non-hydrogen) atoms. The zero-order chi connectivity index (χ0) is 11.0. The molecule has 0 spiro atoms. The SMILES string of the molecule is O=C1CN(c2ccc(F)c(Cl)c2)C(=O)N1. The first kappa shape index (κ1) is 9.92. The van der Waals surface area contributed by atoms with E-state index in [1.165, 1.54) is 17.0 Å². The van der Waals surface area contributed by atoms with Crippen LogP contribution in [0.4, 0.5) is 14.9 Å². The van der Waals surface area contributed by atoms with E-state index >= 15 is 0 Å². The molecule has 0 radical (unpaired) electrons. The number of benzene rings is 1. The summed E-state index contributed by atoms with van der Waals surface area (Å²) in [5, 5.41) is 2.03. The second-order valence-corrected chi connectivity index (χ2v) is 3.45. The van der Waals surface area contributed by atoms with Crippen LogP contribution in [0.15, 0.2) is 18.2 Å². The Hall–Kier alpha value is -1.62. The van der Waals surface area contributed by atoms with Crippen molar-refractivity contribution < 1.29 is 14.0 Å². The van der Waals surface area contributed by atoms with E-state index in [9.17, 15) is 14.0 Å². The molecule has 6 heteroatoms. The van der Waals surface area contributed by atoms with Gasteiger partial charge in [-0.1, -0.05) is 11.6 Å². The lowest BCUT2D eigenvalue weighted by molar-refractivity contribution is -0.117. The van der Waals surface area contributed by atoms with Crippen molar-refractivity contribution >= 4 is 29.2 Å². The van der Waals surface area contributed by atoms with E-state index in [0.29, 0.717) is 5.69 Å². The Morgan fingerprint density at radius 3 is 2.67 bits per heavy atom. The van der Waals surface area contributed by atoms with Gasteiger partial charge in [0.2, 0.25) is 5.91 Å². The number of urea groups is 1. The van der Waals surface area contributed by atoms with Crippen molar-refractivity contribution in [2.24, 2.45) is 0 Å². The quantitative estimate of drug-likeness (QED) is 0.742. The maximum absolute atomic E-state index is 12.8. The lowest BCUT2D eigenvalue weighted by Crippen LogP contribution is -2.27. The number of nitrogens with zero attached hydrogens (tertiary/aromatic N) is 1. The zero-order valence-corrected chi connectivity index (χ0v) is 8.21. The number of hydrogen-bond donors (Lipinski definition) is 1. The van der Waals surface area contributed by atoms with Crippen LogP contribution < -0.4 is 10.2 Å². The summed E-state index contributed by atoms with van der Waals surface area (Å²) in [5.41, 5.74) is 0.393. The fourth-order valence-corrected chi connectivity index (χ4v) is 1.48. The molecule has 1 fully saturated rings. The summed E-state index contributed by atoms with van der Waals surface area (Å²) in [7, 11) is 0. The van der Waals surface area contributed by atoms with E-state index < -0.39 is 11.8 Å². The van der Waals surface area contributed by atoms with Gasteiger partial charge in [0, 0.05) is 5.69 Å². The Morgan fingerprint density at radius 2 is 2.13 bits per heavy atom. The van der Waals surface area contributed by atoms with Crippen molar-refractivity contribution in [1.29, 1.82) is 0 Å². The van der Waals surface area contributed by atoms with Crippen molar-refractivity contribution in [3.8, 4) is 0 Å². The molecule has 0 aliphatic carbocycles. The van der Waals surface area contributed by atoms with Gasteiger partial charge in [-0.15, -0.1) is 0 Å². The van der Waals surface area contributed by atoms with Crippen LogP contribution in [-0.4, -0.2) is 18.5 Å². The first-order chi connectivity index (χ1) is 7.08. The number of rotatable bonds is 1. The van der Waals surface area contributed by atoms with E-state index in [1.807, 2.05) is 0 Å². The van der Waals surface area contributed by atoms with Crippen LogP contribution in [0, 0.1) is 5.82 Å². The van der Waals surface area contributed by atoms with E-state index in [2.05, 4.69) is 5.32 Å². The summed E-state index contributed by atoms with van der Waals surface area (Å²) in [6.07, 6.45) is 0. The molecule has 3 amide bonds. The van der Waals surface area contributed by atoms with E-state index in [0.717, 1.165) is 6.07 Å². The molecule has 1 heterocycles. The largest absolute Gasteiger partial charge is 0.329 e. The second kappa shape index (κ2) is 3.51. The maximum Gasteiger partial charge on any atom is 0.329 e. The summed E-state index contributed by atoms with van der Waals surface area (Å²) >= 11 is 5.56. The van der Waals surface area contributed by atoms with Gasteiger partial charge in [-0.2, -0.15) is 0 Å². The summed E-state index contributed by atoms with van der Waals surface area (Å²) in [5.74, 6) is -0.952. The first-order valence-corrected chi connectivity index (χ1v) is 4.52. The predicted octanol–water partition coefficient (Wildman–Crippen LogP) is 1.54. The van der Waals surface area contributed by atoms with Crippen LogP contribution in [0.2, 0.25) is 5.02 Å². The molecule has 4 nitrogen and oxygen atoms in total. The van der Waals surface area contributed by atoms with Crippen LogP contribution in [-0.2, 0) is 4.79 Å². The van der Waals surface area contributed by atoms with Gasteiger partial charge in [-0.25, -0.2) is 9.18 Å². The number of anilines is 1. The standard InChI is InChI=1S/C9H6ClFN2O2/c10-6-3-5(1-2-7(6)11)13-4-8(14)12-9(13)15/h1-3H,4H2,(H,12,14,15). The molecule has 0 aromatic heterocycles. The Balaban J connectivity index is 2.34. The molecule has 0 saturated carbocycles. The van der Waals surface area contributed by atoms with E-state index in [-0.39, 0.29) is 17.5 Å². The second-order valence-electron chi connectivity index (χ2n) is 3.04. The molecular formula is C9H6ClFN2O2. The smallest absolute Gasteiger partial charge is 0.285 e. The van der Waals surface area contributed by atoms with Crippen LogP contribution in [0.1, 0.15) is 0 Å². The van der Waals surface area contributed by atoms with Gasteiger partial charge < -0.3 is 0 Å². The molecule has 0 unspecified atom stereocenters. The average molecular weight is 229 g/mol. The number of imide groups is 1. The third kappa shape index (κ3) is 1.78. The monoisotopic (exact) mass is 228 g/mol. The van der Waals surface area contributed by atoms with Gasteiger partial charge in [0.05, 0.1) is 5.02 Å². The van der Waals surface area contributed by atoms with Crippen molar-refractivity contribution in [1.82, 2.24) is 5.32 Å². The number of carbonyl (C=O) groups is 2. The molecule has 1 aliphatic rings. The molecule has 0 atom stereocenters. The van der Waals surface area contributed by atoms with Crippen molar-refractivity contribution in [2.45, 2.75) is 0 Å². The molecule has 1 aliphatic heterocycles. The Morgan fingerprint density at radius 1 is 1.40 bits per heavy atom. The fraction of sp³-hybridized carbons (Fsp3) is 0.111. The Kier molecular flexibility index (Phi) is 2.32. The predicted molar refractivity (Wildman–Crippen MR) is 52.3 cm³/mol. The molecular weight excluding hydrogens is 223 g/mol. The third-order valence-corrected chi connectivity index (χ3v) is 2.30. The Labute approximate surface area is 89.6 Å². The van der Waals surface area contributed by atoms with Crippen LogP contribution in [0.3, 0.4) is 0 Å². The maximum atomic E-state index is 12.8. The minimum Gasteiger partial charge on any atom is -0.285 e. The van der Waals surface area contributed by atoms with Gasteiger partial charge in [-0.3, -0.25) is 15.0 Å². The van der Waals surface area contributed by atoms with Gasteiger partial charge in [0.15, 0.2) is 0 Å². The van der Waals surface area contributed by atoms with Gasteiger partial charge >= 0.3 is 6.03 Å². The molecule has 1 aromatic rings. The van der Waals surface area contributed by atoms with Gasteiger partial charge in [-0.05, 0) is 18.2 Å². The molecule has 0 bridgehead atoms. The highest BCUT2D eigenvalue weighted by atomic mass is 35.5. The van der Waals surface area contributed by atoms with E-state index in [1.54, 1.807) is 0 Å². The average Bonchev–Trinajstić information content (AvgIpc) is 2.50. The summed E-state index contributed by atoms with van der Waals surface area (Å²) in [6, 6.07) is 3.31. The molecule has 2 rings (SSSR count).